The maximum absolute atomic E-state index is 13.3. The van der Waals surface area contributed by atoms with E-state index in [2.05, 4.69) is 29.0 Å². The first-order chi connectivity index (χ1) is 14.6. The third kappa shape index (κ3) is 4.93. The number of aromatic nitrogens is 1. The summed E-state index contributed by atoms with van der Waals surface area (Å²) >= 11 is 0. The SMILES string of the molecule is CC(C)CC(CNC(=O)c1cc2ccccc2nc1N1CCCC1)N1CCOCC1. The van der Waals surface area contributed by atoms with Crippen LogP contribution in [0.5, 0.6) is 0 Å². The molecule has 1 amide bonds. The fraction of sp³-hybridized carbons (Fsp3) is 0.583. The van der Waals surface area contributed by atoms with Crippen molar-refractivity contribution in [1.82, 2.24) is 15.2 Å². The van der Waals surface area contributed by atoms with Gasteiger partial charge in [0.25, 0.3) is 5.91 Å². The van der Waals surface area contributed by atoms with E-state index in [0.29, 0.717) is 24.1 Å². The normalized spacial score (nSPS) is 18.8. The number of nitrogens with one attached hydrogen (secondary N) is 1. The standard InChI is InChI=1S/C24H34N4O2/c1-18(2)15-20(27-11-13-30-14-12-27)17-25-24(29)21-16-19-7-3-4-8-22(19)26-23(21)28-9-5-6-10-28/h3-4,7-8,16,18,20H,5-6,9-15,17H2,1-2H3,(H,25,29). The van der Waals surface area contributed by atoms with Crippen molar-refractivity contribution in [3.63, 3.8) is 0 Å². The number of anilines is 1. The Kier molecular flexibility index (Phi) is 6.85. The number of pyridine rings is 1. The Balaban J connectivity index is 1.54. The lowest BCUT2D eigenvalue weighted by atomic mass is 10.0. The van der Waals surface area contributed by atoms with E-state index in [1.165, 1.54) is 0 Å². The molecule has 2 aliphatic rings. The molecule has 2 fully saturated rings. The van der Waals surface area contributed by atoms with E-state index in [0.717, 1.165) is 75.4 Å². The van der Waals surface area contributed by atoms with Crippen molar-refractivity contribution in [1.29, 1.82) is 0 Å². The molecule has 2 saturated heterocycles. The lowest BCUT2D eigenvalue weighted by Gasteiger charge is -2.35. The van der Waals surface area contributed by atoms with Crippen molar-refractivity contribution >= 4 is 22.6 Å². The highest BCUT2D eigenvalue weighted by atomic mass is 16.5. The zero-order chi connectivity index (χ0) is 20.9. The number of para-hydroxylation sites is 1. The quantitative estimate of drug-likeness (QED) is 0.759. The number of carbonyl (C=O) groups is 1. The highest BCUT2D eigenvalue weighted by molar-refractivity contribution is 6.02. The summed E-state index contributed by atoms with van der Waals surface area (Å²) in [7, 11) is 0. The summed E-state index contributed by atoms with van der Waals surface area (Å²) in [5.74, 6) is 1.39. The molecule has 1 atom stereocenters. The summed E-state index contributed by atoms with van der Waals surface area (Å²) in [6.45, 7) is 10.5. The van der Waals surface area contributed by atoms with Crippen LogP contribution in [0.1, 0.15) is 43.5 Å². The first-order valence-electron chi connectivity index (χ1n) is 11.4. The van der Waals surface area contributed by atoms with Crippen molar-refractivity contribution in [3.8, 4) is 0 Å². The number of benzene rings is 1. The number of morpholine rings is 1. The van der Waals surface area contributed by atoms with Gasteiger partial charge >= 0.3 is 0 Å². The molecule has 0 saturated carbocycles. The van der Waals surface area contributed by atoms with E-state index < -0.39 is 0 Å². The van der Waals surface area contributed by atoms with Gasteiger partial charge in [-0.25, -0.2) is 4.98 Å². The van der Waals surface area contributed by atoms with Crippen molar-refractivity contribution in [2.24, 2.45) is 5.92 Å². The van der Waals surface area contributed by atoms with Crippen LogP contribution in [-0.2, 0) is 4.74 Å². The number of ether oxygens (including phenoxy) is 1. The molecular weight excluding hydrogens is 376 g/mol. The molecule has 0 spiro atoms. The molecule has 1 unspecified atom stereocenters. The van der Waals surface area contributed by atoms with Crippen LogP contribution < -0.4 is 10.2 Å². The largest absolute Gasteiger partial charge is 0.379 e. The van der Waals surface area contributed by atoms with Gasteiger partial charge in [-0.1, -0.05) is 32.0 Å². The summed E-state index contributed by atoms with van der Waals surface area (Å²) in [5, 5.41) is 4.25. The molecule has 162 valence electrons. The second-order valence-corrected chi connectivity index (χ2v) is 8.89. The summed E-state index contributed by atoms with van der Waals surface area (Å²) < 4.78 is 5.52. The van der Waals surface area contributed by atoms with Gasteiger partial charge in [0.05, 0.1) is 24.3 Å². The molecule has 4 rings (SSSR count). The average Bonchev–Trinajstić information content (AvgIpc) is 3.30. The van der Waals surface area contributed by atoms with E-state index in [9.17, 15) is 4.79 Å². The minimum absolute atomic E-state index is 0.0165. The van der Waals surface area contributed by atoms with Gasteiger partial charge in [0.2, 0.25) is 0 Å². The summed E-state index contributed by atoms with van der Waals surface area (Å²) in [6.07, 6.45) is 3.38. The van der Waals surface area contributed by atoms with Crippen molar-refractivity contribution < 1.29 is 9.53 Å². The molecule has 2 aromatic rings. The molecule has 6 nitrogen and oxygen atoms in total. The van der Waals surface area contributed by atoms with Crippen molar-refractivity contribution in [3.05, 3.63) is 35.9 Å². The Morgan fingerprint density at radius 2 is 1.87 bits per heavy atom. The van der Waals surface area contributed by atoms with Crippen LogP contribution in [-0.4, -0.2) is 67.8 Å². The highest BCUT2D eigenvalue weighted by Gasteiger charge is 2.25. The zero-order valence-electron chi connectivity index (χ0n) is 18.3. The van der Waals surface area contributed by atoms with Crippen LogP contribution in [0.2, 0.25) is 0 Å². The molecule has 0 radical (unpaired) electrons. The van der Waals surface area contributed by atoms with E-state index >= 15 is 0 Å². The van der Waals surface area contributed by atoms with Gasteiger partial charge in [0, 0.05) is 44.2 Å². The van der Waals surface area contributed by atoms with Gasteiger partial charge in [-0.15, -0.1) is 0 Å². The molecule has 0 aliphatic carbocycles. The topological polar surface area (TPSA) is 57.7 Å². The maximum atomic E-state index is 13.3. The van der Waals surface area contributed by atoms with Crippen LogP contribution in [0.4, 0.5) is 5.82 Å². The third-order valence-electron chi connectivity index (χ3n) is 6.16. The Morgan fingerprint density at radius 1 is 1.13 bits per heavy atom. The van der Waals surface area contributed by atoms with Crippen molar-refractivity contribution in [2.75, 3.05) is 50.8 Å². The molecule has 1 aromatic carbocycles. The first-order valence-corrected chi connectivity index (χ1v) is 11.4. The van der Waals surface area contributed by atoms with Crippen LogP contribution in [0.3, 0.4) is 0 Å². The number of hydrogen-bond acceptors (Lipinski definition) is 5. The minimum atomic E-state index is -0.0165. The third-order valence-corrected chi connectivity index (χ3v) is 6.16. The van der Waals surface area contributed by atoms with Gasteiger partial charge in [-0.05, 0) is 37.3 Å². The van der Waals surface area contributed by atoms with Gasteiger partial charge in [0.15, 0.2) is 0 Å². The van der Waals surface area contributed by atoms with Crippen LogP contribution in [0.25, 0.3) is 10.9 Å². The molecule has 1 N–H and O–H groups in total. The average molecular weight is 411 g/mol. The van der Waals surface area contributed by atoms with E-state index in [1.807, 2.05) is 30.3 Å². The van der Waals surface area contributed by atoms with Gasteiger partial charge < -0.3 is 15.0 Å². The smallest absolute Gasteiger partial charge is 0.255 e. The number of rotatable bonds is 7. The summed E-state index contributed by atoms with van der Waals surface area (Å²) in [4.78, 5) is 22.9. The van der Waals surface area contributed by atoms with Crippen LogP contribution in [0.15, 0.2) is 30.3 Å². The summed E-state index contributed by atoms with van der Waals surface area (Å²) in [6, 6.07) is 10.4. The van der Waals surface area contributed by atoms with Crippen LogP contribution in [0, 0.1) is 5.92 Å². The number of nitrogens with zero attached hydrogens (tertiary/aromatic N) is 3. The van der Waals surface area contributed by atoms with Crippen LogP contribution >= 0.6 is 0 Å². The fourth-order valence-electron chi connectivity index (χ4n) is 4.60. The Bertz CT molecular complexity index is 857. The van der Waals surface area contributed by atoms with E-state index in [-0.39, 0.29) is 5.91 Å². The first kappa shape index (κ1) is 21.1. The zero-order valence-corrected chi connectivity index (χ0v) is 18.3. The Labute approximate surface area is 179 Å². The second kappa shape index (κ2) is 9.75. The Morgan fingerprint density at radius 3 is 2.60 bits per heavy atom. The molecule has 6 heteroatoms. The maximum Gasteiger partial charge on any atom is 0.255 e. The highest BCUT2D eigenvalue weighted by Crippen LogP contribution is 2.26. The second-order valence-electron chi connectivity index (χ2n) is 8.89. The fourth-order valence-corrected chi connectivity index (χ4v) is 4.60. The number of amides is 1. The molecule has 0 bridgehead atoms. The van der Waals surface area contributed by atoms with E-state index in [1.54, 1.807) is 0 Å². The molecule has 30 heavy (non-hydrogen) atoms. The summed E-state index contributed by atoms with van der Waals surface area (Å²) in [5.41, 5.74) is 1.64. The Hall–Kier alpha value is -2.18. The molecule has 1 aromatic heterocycles. The molecular formula is C24H34N4O2. The lowest BCUT2D eigenvalue weighted by Crippen LogP contribution is -2.49. The number of carbonyl (C=O) groups excluding carboxylic acids is 1. The predicted molar refractivity (Wildman–Crippen MR) is 121 cm³/mol. The van der Waals surface area contributed by atoms with E-state index in [4.69, 9.17) is 9.72 Å². The minimum Gasteiger partial charge on any atom is -0.379 e. The van der Waals surface area contributed by atoms with Gasteiger partial charge in [0.1, 0.15) is 5.82 Å². The van der Waals surface area contributed by atoms with Gasteiger partial charge in [-0.3, -0.25) is 9.69 Å². The molecule has 3 heterocycles. The predicted octanol–water partition coefficient (Wildman–Crippen LogP) is 3.31. The molecule has 2 aliphatic heterocycles. The lowest BCUT2D eigenvalue weighted by molar-refractivity contribution is 0.0124. The number of hydrogen-bond donors (Lipinski definition) is 1. The number of fused-ring (bicyclic) bond motifs is 1. The monoisotopic (exact) mass is 410 g/mol. The van der Waals surface area contributed by atoms with Gasteiger partial charge in [-0.2, -0.15) is 0 Å². The van der Waals surface area contributed by atoms with Crippen molar-refractivity contribution in [2.45, 2.75) is 39.2 Å².